The molecular formula is C91H166N28O21. The topological polar surface area (TPSA) is 801 Å². The van der Waals surface area contributed by atoms with Crippen LogP contribution in [0.4, 0.5) is 0 Å². The number of H-pyrrole nitrogens is 1. The molecule has 0 aliphatic rings. The summed E-state index contributed by atoms with van der Waals surface area (Å²) >= 11 is 0. The van der Waals surface area contributed by atoms with Gasteiger partial charge in [-0.3, -0.25) is 91.1 Å². The van der Waals surface area contributed by atoms with Crippen molar-refractivity contribution in [3.05, 3.63) is 18.2 Å². The first kappa shape index (κ1) is 126. The minimum Gasteiger partial charge on any atom is -0.394 e. The summed E-state index contributed by atoms with van der Waals surface area (Å²) in [5, 5.41) is 59.6. The van der Waals surface area contributed by atoms with Crippen molar-refractivity contribution in [1.82, 2.24) is 111 Å². The molecule has 796 valence electrons. The smallest absolute Gasteiger partial charge is 0.245 e. The van der Waals surface area contributed by atoms with Gasteiger partial charge in [0.2, 0.25) is 112 Å². The standard InChI is InChI=1S/C91H166N28O21/c1-15-53(8)74(119-72(122)44-98)91(140)117-69(42-52(6)7)89(138)118-71(48-121)90(139)113-66(33-21-27-39-97)86(135)115-67(40-50(2)3)80(129)100-46-73(123)108-61(28-16-22-34-92)82(131)106-59(14)79(128)114-68(41-51(4)5)88(137)112-65(32-20-26-38-96)84(133)111-63(30-18-24-36-94)83(132)105-55(10)75(124)103-58(13)78(127)110-64(31-19-25-37-95)85(134)116-70(43-60-45-99-49-101-60)87(136)107-56(11)76(125)104-57(12)77(126)109-62(29-17-23-35-93)81(130)102-54(9)47-120/h45,47,49-59,61-71,74,121H,15-44,46,48,92-98H2,1-14H3,(H,99,101)(H,100,129)(H,102,130)(H,103,124)(H,104,125)(H,105,132)(H,106,131)(H,107,136)(H,108,123)(H,109,126)(H,110,127)(H,111,133)(H,112,137)(H,113,139)(H,114,128)(H,115,135)(H,116,134)(H,117,140)(H,118,138)(H,119,122)/t53-,54-,55-,56-,57-,58-,59-,61-,62-,63-,64-,65-,66-,67-,68-,69-,70-,71-,74-/m0/s1. The number of hydrogen-bond acceptors (Lipinski definition) is 29. The van der Waals surface area contributed by atoms with Gasteiger partial charge in [0.05, 0.1) is 32.1 Å². The van der Waals surface area contributed by atoms with Crippen molar-refractivity contribution in [3.8, 4) is 0 Å². The second-order valence-electron chi connectivity index (χ2n) is 36.7. The van der Waals surface area contributed by atoms with E-state index in [2.05, 4.69) is 111 Å². The third-order valence-corrected chi connectivity index (χ3v) is 22.7. The molecule has 1 aromatic rings. The number of nitrogens with two attached hydrogens (primary N) is 7. The molecule has 140 heavy (non-hydrogen) atoms. The van der Waals surface area contributed by atoms with E-state index in [0.717, 1.165) is 0 Å². The molecule has 0 aliphatic heterocycles. The van der Waals surface area contributed by atoms with Gasteiger partial charge in [0.25, 0.3) is 0 Å². The molecule has 49 nitrogen and oxygen atoms in total. The summed E-state index contributed by atoms with van der Waals surface area (Å²) in [6.07, 6.45) is 8.14. The number of aliphatic hydroxyl groups is 1. The first-order chi connectivity index (χ1) is 66.2. The molecule has 0 unspecified atom stereocenters. The molecule has 1 rings (SSSR count). The molecule has 0 aliphatic carbocycles. The fourth-order valence-corrected chi connectivity index (χ4v) is 14.3. The van der Waals surface area contributed by atoms with Crippen LogP contribution in [-0.2, 0) is 102 Å². The number of aromatic amines is 1. The Morgan fingerprint density at radius 3 is 0.893 bits per heavy atom. The quantitative estimate of drug-likeness (QED) is 0.0213. The number of amides is 19. The van der Waals surface area contributed by atoms with Gasteiger partial charge in [-0.05, 0) is 239 Å². The molecule has 0 aromatic carbocycles. The fraction of sp³-hybridized carbons (Fsp3) is 0.747. The number of carbonyl (C=O) groups excluding carboxylic acids is 20. The zero-order valence-electron chi connectivity index (χ0n) is 84.2. The Labute approximate surface area is 821 Å². The van der Waals surface area contributed by atoms with E-state index in [0.29, 0.717) is 89.2 Å². The van der Waals surface area contributed by atoms with Crippen LogP contribution in [0.3, 0.4) is 0 Å². The van der Waals surface area contributed by atoms with Crippen molar-refractivity contribution < 1.29 is 101 Å². The molecular weight excluding hydrogens is 1820 g/mol. The first-order valence-electron chi connectivity index (χ1n) is 48.9. The van der Waals surface area contributed by atoms with Crippen molar-refractivity contribution in [3.63, 3.8) is 0 Å². The van der Waals surface area contributed by atoms with Gasteiger partial charge in [0, 0.05) is 18.3 Å². The summed E-state index contributed by atoms with van der Waals surface area (Å²) in [5.41, 5.74) is 40.6. The largest absolute Gasteiger partial charge is 0.394 e. The Balaban J connectivity index is 3.42. The summed E-state index contributed by atoms with van der Waals surface area (Å²) < 4.78 is 0. The number of aromatic nitrogens is 2. The van der Waals surface area contributed by atoms with E-state index in [1.165, 1.54) is 54.1 Å². The lowest BCUT2D eigenvalue weighted by atomic mass is 9.96. The van der Waals surface area contributed by atoms with Gasteiger partial charge in [-0.25, -0.2) is 4.98 Å². The van der Waals surface area contributed by atoms with E-state index >= 15 is 0 Å². The van der Waals surface area contributed by atoms with Crippen molar-refractivity contribution in [2.75, 3.05) is 59.0 Å². The van der Waals surface area contributed by atoms with Gasteiger partial charge in [0.15, 0.2) is 0 Å². The molecule has 0 saturated heterocycles. The third kappa shape index (κ3) is 50.6. The highest BCUT2D eigenvalue weighted by Gasteiger charge is 2.39. The average molecular weight is 1990 g/mol. The number of aliphatic hydroxyl groups excluding tert-OH is 1. The van der Waals surface area contributed by atoms with E-state index in [4.69, 9.17) is 40.1 Å². The van der Waals surface area contributed by atoms with Crippen LogP contribution in [0.5, 0.6) is 0 Å². The Kier molecular flexibility index (Phi) is 63.4. The van der Waals surface area contributed by atoms with Crippen LogP contribution in [0.2, 0.25) is 0 Å². The zero-order valence-corrected chi connectivity index (χ0v) is 84.2. The molecule has 1 heterocycles. The maximum Gasteiger partial charge on any atom is 0.245 e. The van der Waals surface area contributed by atoms with Gasteiger partial charge in [-0.1, -0.05) is 61.8 Å². The van der Waals surface area contributed by atoms with E-state index in [1.54, 1.807) is 55.4 Å². The molecule has 0 spiro atoms. The lowest BCUT2D eigenvalue weighted by Gasteiger charge is -2.28. The summed E-state index contributed by atoms with van der Waals surface area (Å²) in [4.78, 5) is 282. The minimum atomic E-state index is -1.65. The number of rotatable bonds is 74. The van der Waals surface area contributed by atoms with Gasteiger partial charge in [-0.2, -0.15) is 0 Å². The van der Waals surface area contributed by atoms with Crippen LogP contribution in [0.25, 0.3) is 0 Å². The average Bonchev–Trinajstić information content (AvgIpc) is 1.28. The number of hydrogen-bond donors (Lipinski definition) is 28. The SMILES string of the molecule is CC[C@H](C)[C@H](NC(=O)CN)C(=O)N[C@@H](CC(C)C)C(=O)N[C@@H](CO)C(=O)N[C@@H](CCCCN)C(=O)N[C@@H](CC(C)C)C(=O)NCC(=O)N[C@@H](CCCCN)C(=O)N[C@@H](C)C(=O)N[C@@H](CC(C)C)C(=O)N[C@@H](CCCCN)C(=O)N[C@@H](CCCCN)C(=O)N[C@@H](C)C(=O)N[C@@H](C)C(=O)N[C@@H](CCCCN)C(=O)N[C@@H](Cc1cnc[nH]1)C(=O)N[C@@H](C)C(=O)N[C@@H](C)C(=O)N[C@@H](CCCCN)C(=O)N[C@@H](C)C=O. The van der Waals surface area contributed by atoms with Crippen LogP contribution < -0.4 is 141 Å². The highest BCUT2D eigenvalue weighted by molar-refractivity contribution is 6.02. The third-order valence-electron chi connectivity index (χ3n) is 22.7. The van der Waals surface area contributed by atoms with Crippen molar-refractivity contribution >= 4 is 119 Å². The number of unbranched alkanes of at least 4 members (excludes halogenated alkanes) is 6. The number of imidazole rings is 1. The summed E-state index contributed by atoms with van der Waals surface area (Å²) in [6.45, 7) is 21.5. The lowest BCUT2D eigenvalue weighted by molar-refractivity contribution is -0.136. The zero-order chi connectivity index (χ0) is 106. The van der Waals surface area contributed by atoms with E-state index in [1.807, 2.05) is 0 Å². The minimum absolute atomic E-state index is 0.000477. The predicted octanol–water partition coefficient (Wildman–Crippen LogP) is -6.98. The van der Waals surface area contributed by atoms with Gasteiger partial charge >= 0.3 is 0 Å². The van der Waals surface area contributed by atoms with Crippen LogP contribution in [0, 0.1) is 23.7 Å². The highest BCUT2D eigenvalue weighted by atomic mass is 16.3. The second-order valence-corrected chi connectivity index (χ2v) is 36.7. The van der Waals surface area contributed by atoms with E-state index in [-0.39, 0.29) is 133 Å². The molecule has 19 amide bonds. The summed E-state index contributed by atoms with van der Waals surface area (Å²) in [7, 11) is 0. The number of nitrogens with zero attached hydrogens (tertiary/aromatic N) is 1. The molecule has 0 saturated carbocycles. The maximum absolute atomic E-state index is 14.6. The maximum atomic E-state index is 14.6. The molecule has 19 atom stereocenters. The first-order valence-corrected chi connectivity index (χ1v) is 48.9. The van der Waals surface area contributed by atoms with Crippen molar-refractivity contribution in [2.45, 2.75) is 353 Å². The normalized spacial score (nSPS) is 15.3. The molecule has 0 radical (unpaired) electrons. The van der Waals surface area contributed by atoms with Crippen molar-refractivity contribution in [2.24, 2.45) is 63.8 Å². The molecule has 0 fully saturated rings. The van der Waals surface area contributed by atoms with E-state index in [9.17, 15) is 101 Å². The Hall–Kier alpha value is -11.5. The van der Waals surface area contributed by atoms with Crippen LogP contribution in [0.1, 0.15) is 244 Å². The molecule has 1 aromatic heterocycles. The fourth-order valence-electron chi connectivity index (χ4n) is 14.3. The van der Waals surface area contributed by atoms with E-state index < -0.39 is 241 Å². The van der Waals surface area contributed by atoms with Gasteiger partial charge in [0.1, 0.15) is 109 Å². The van der Waals surface area contributed by atoms with Crippen LogP contribution in [-0.4, -0.2) is 301 Å². The number of carbonyl (C=O) groups is 20. The van der Waals surface area contributed by atoms with Gasteiger partial charge in [-0.15, -0.1) is 0 Å². The molecule has 35 N–H and O–H groups in total. The predicted molar refractivity (Wildman–Crippen MR) is 522 cm³/mol. The van der Waals surface area contributed by atoms with Crippen molar-refractivity contribution in [1.29, 1.82) is 0 Å². The monoisotopic (exact) mass is 1990 g/mol. The lowest BCUT2D eigenvalue weighted by Crippen LogP contribution is -2.60. The number of aldehydes is 1. The van der Waals surface area contributed by atoms with Gasteiger partial charge < -0.3 is 156 Å². The van der Waals surface area contributed by atoms with Crippen LogP contribution in [0.15, 0.2) is 12.5 Å². The summed E-state index contributed by atoms with van der Waals surface area (Å²) in [5.74, 6) is -16.7. The number of nitrogens with one attached hydrogen (secondary N) is 20. The Bertz CT molecular complexity index is 4050. The Morgan fingerprint density at radius 1 is 0.314 bits per heavy atom. The Morgan fingerprint density at radius 2 is 0.579 bits per heavy atom. The molecule has 0 bridgehead atoms. The molecule has 49 heteroatoms. The summed E-state index contributed by atoms with van der Waals surface area (Å²) in [6, 6.07) is -23.5. The second kappa shape index (κ2) is 70.2. The van der Waals surface area contributed by atoms with Crippen LogP contribution >= 0.6 is 0 Å². The highest BCUT2D eigenvalue weighted by Crippen LogP contribution is 2.17.